The minimum absolute atomic E-state index is 0.00634. The first-order chi connectivity index (χ1) is 14.0. The van der Waals surface area contributed by atoms with Crippen LogP contribution >= 0.6 is 23.2 Å². The zero-order valence-electron chi connectivity index (χ0n) is 17.1. The van der Waals surface area contributed by atoms with Gasteiger partial charge in [-0.05, 0) is 42.8 Å². The topological polar surface area (TPSA) is 35.6 Å². The lowest BCUT2D eigenvalue weighted by molar-refractivity contribution is -0.131. The van der Waals surface area contributed by atoms with E-state index < -0.39 is 0 Å². The maximum Gasteiger partial charge on any atom is 0.227 e. The van der Waals surface area contributed by atoms with Gasteiger partial charge in [0, 0.05) is 26.2 Å². The van der Waals surface area contributed by atoms with Crippen molar-refractivity contribution in [3.05, 3.63) is 69.7 Å². The third-order valence-electron chi connectivity index (χ3n) is 5.58. The minimum Gasteiger partial charge on any atom is -0.337 e. The summed E-state index contributed by atoms with van der Waals surface area (Å²) in [7, 11) is 1.90. The number of carbonyl (C=O) groups is 1. The van der Waals surface area contributed by atoms with Crippen LogP contribution in [0.1, 0.15) is 30.5 Å². The van der Waals surface area contributed by atoms with Crippen molar-refractivity contribution in [3.8, 4) is 0 Å². The van der Waals surface area contributed by atoms with Gasteiger partial charge in [-0.25, -0.2) is 0 Å². The number of halogens is 2. The number of hydrogen-bond donors (Lipinski definition) is 1. The van der Waals surface area contributed by atoms with Gasteiger partial charge in [-0.2, -0.15) is 0 Å². The first kappa shape index (κ1) is 22.1. The number of nitrogens with one attached hydrogen (secondary N) is 1. The van der Waals surface area contributed by atoms with E-state index in [1.54, 1.807) is 12.1 Å². The second-order valence-corrected chi connectivity index (χ2v) is 8.47. The van der Waals surface area contributed by atoms with E-state index in [1.165, 1.54) is 0 Å². The Morgan fingerprint density at radius 3 is 2.66 bits per heavy atom. The fraction of sp³-hybridized carbons (Fsp3) is 0.435. The molecule has 1 heterocycles. The molecule has 0 aromatic heterocycles. The van der Waals surface area contributed by atoms with Crippen LogP contribution in [0.4, 0.5) is 0 Å². The highest BCUT2D eigenvalue weighted by Crippen LogP contribution is 2.26. The largest absolute Gasteiger partial charge is 0.337 e. The molecule has 1 saturated heterocycles. The van der Waals surface area contributed by atoms with Crippen LogP contribution in [0, 0.1) is 0 Å². The predicted molar refractivity (Wildman–Crippen MR) is 121 cm³/mol. The summed E-state index contributed by atoms with van der Waals surface area (Å²) in [5.41, 5.74) is 2.03. The standard InChI is InChI=1S/C23H29Cl2N3O/c1-3-26-19-11-12-28(15-19)16-22(18-7-5-4-6-8-18)27(2)23(29)14-17-9-10-20(24)21(25)13-17/h4-10,13,19,22,26H,3,11-12,14-16H2,1-2H3. The van der Waals surface area contributed by atoms with E-state index >= 15 is 0 Å². The van der Waals surface area contributed by atoms with E-state index in [2.05, 4.69) is 29.3 Å². The van der Waals surface area contributed by atoms with Crippen molar-refractivity contribution in [3.63, 3.8) is 0 Å². The third-order valence-corrected chi connectivity index (χ3v) is 6.32. The molecule has 4 nitrogen and oxygen atoms in total. The van der Waals surface area contributed by atoms with Crippen molar-refractivity contribution in [1.82, 2.24) is 15.1 Å². The second kappa shape index (κ2) is 10.4. The van der Waals surface area contributed by atoms with E-state index in [4.69, 9.17) is 23.2 Å². The summed E-state index contributed by atoms with van der Waals surface area (Å²) in [6.07, 6.45) is 1.45. The van der Waals surface area contributed by atoms with Gasteiger partial charge in [-0.15, -0.1) is 0 Å². The molecule has 2 atom stereocenters. The Bertz CT molecular complexity index is 815. The van der Waals surface area contributed by atoms with Gasteiger partial charge in [-0.1, -0.05) is 66.5 Å². The molecule has 156 valence electrons. The van der Waals surface area contributed by atoms with Crippen molar-refractivity contribution in [2.45, 2.75) is 31.8 Å². The van der Waals surface area contributed by atoms with Gasteiger partial charge in [0.05, 0.1) is 22.5 Å². The average Bonchev–Trinajstić information content (AvgIpc) is 3.16. The molecule has 1 aliphatic heterocycles. The number of likely N-dealkylation sites (N-methyl/N-ethyl adjacent to an activating group) is 2. The highest BCUT2D eigenvalue weighted by atomic mass is 35.5. The summed E-state index contributed by atoms with van der Waals surface area (Å²) in [5, 5.41) is 4.52. The summed E-state index contributed by atoms with van der Waals surface area (Å²) >= 11 is 12.1. The van der Waals surface area contributed by atoms with Crippen molar-refractivity contribution in [2.75, 3.05) is 33.2 Å². The van der Waals surface area contributed by atoms with Crippen LogP contribution in [0.2, 0.25) is 10.0 Å². The zero-order chi connectivity index (χ0) is 20.8. The van der Waals surface area contributed by atoms with Gasteiger partial charge < -0.3 is 10.2 Å². The Labute approximate surface area is 183 Å². The summed E-state index contributed by atoms with van der Waals surface area (Å²) in [5.74, 6) is 0.0691. The van der Waals surface area contributed by atoms with Crippen molar-refractivity contribution >= 4 is 29.1 Å². The number of carbonyl (C=O) groups excluding carboxylic acids is 1. The van der Waals surface area contributed by atoms with Gasteiger partial charge in [-0.3, -0.25) is 9.69 Å². The minimum atomic E-state index is 0.00634. The molecule has 3 rings (SSSR count). The van der Waals surface area contributed by atoms with Crippen LogP contribution in [0.25, 0.3) is 0 Å². The number of hydrogen-bond acceptors (Lipinski definition) is 3. The van der Waals surface area contributed by atoms with Crippen molar-refractivity contribution < 1.29 is 4.79 Å². The molecule has 0 bridgehead atoms. The number of rotatable bonds is 8. The molecule has 0 saturated carbocycles. The first-order valence-electron chi connectivity index (χ1n) is 10.2. The lowest BCUT2D eigenvalue weighted by Crippen LogP contribution is -2.40. The van der Waals surface area contributed by atoms with Gasteiger partial charge in [0.2, 0.25) is 5.91 Å². The number of benzene rings is 2. The maximum atomic E-state index is 13.1. The van der Waals surface area contributed by atoms with Gasteiger partial charge >= 0.3 is 0 Å². The SMILES string of the molecule is CCNC1CCN(CC(c2ccccc2)N(C)C(=O)Cc2ccc(Cl)c(Cl)c2)C1. The van der Waals surface area contributed by atoms with Gasteiger partial charge in [0.1, 0.15) is 0 Å². The van der Waals surface area contributed by atoms with Crippen molar-refractivity contribution in [2.24, 2.45) is 0 Å². The lowest BCUT2D eigenvalue weighted by atomic mass is 10.0. The average molecular weight is 434 g/mol. The van der Waals surface area contributed by atoms with Gasteiger partial charge in [0.25, 0.3) is 0 Å². The quantitative estimate of drug-likeness (QED) is 0.668. The van der Waals surface area contributed by atoms with E-state index in [0.29, 0.717) is 22.5 Å². The molecule has 1 amide bonds. The van der Waals surface area contributed by atoms with Crippen LogP contribution < -0.4 is 5.32 Å². The molecule has 0 radical (unpaired) electrons. The monoisotopic (exact) mass is 433 g/mol. The second-order valence-electron chi connectivity index (χ2n) is 7.66. The Kier molecular flexibility index (Phi) is 7.96. The smallest absolute Gasteiger partial charge is 0.227 e. The summed E-state index contributed by atoms with van der Waals surface area (Å²) in [6.45, 7) is 6.03. The van der Waals surface area contributed by atoms with E-state index in [1.807, 2.05) is 36.2 Å². The molecule has 1 N–H and O–H groups in total. The molecule has 0 spiro atoms. The fourth-order valence-electron chi connectivity index (χ4n) is 3.95. The molecule has 2 aromatic carbocycles. The number of amides is 1. The van der Waals surface area contributed by atoms with Gasteiger partial charge in [0.15, 0.2) is 0 Å². The normalized spacial score (nSPS) is 18.0. The molecule has 2 aromatic rings. The predicted octanol–water partition coefficient (Wildman–Crippen LogP) is 4.42. The Morgan fingerprint density at radius 2 is 1.97 bits per heavy atom. The molecule has 29 heavy (non-hydrogen) atoms. The molecular formula is C23H29Cl2N3O. The van der Waals surface area contributed by atoms with E-state index in [-0.39, 0.29) is 11.9 Å². The van der Waals surface area contributed by atoms with Crippen LogP contribution in [0.15, 0.2) is 48.5 Å². The van der Waals surface area contributed by atoms with E-state index in [0.717, 1.165) is 43.7 Å². The zero-order valence-corrected chi connectivity index (χ0v) is 18.6. The highest BCUT2D eigenvalue weighted by molar-refractivity contribution is 6.42. The molecular weight excluding hydrogens is 405 g/mol. The molecule has 6 heteroatoms. The Hall–Kier alpha value is -1.59. The highest BCUT2D eigenvalue weighted by Gasteiger charge is 2.28. The maximum absolute atomic E-state index is 13.1. The number of nitrogens with zero attached hydrogens (tertiary/aromatic N) is 2. The van der Waals surface area contributed by atoms with Crippen LogP contribution in [0.5, 0.6) is 0 Å². The summed E-state index contributed by atoms with van der Waals surface area (Å²) in [6, 6.07) is 16.2. The Balaban J connectivity index is 1.72. The summed E-state index contributed by atoms with van der Waals surface area (Å²) in [4.78, 5) is 17.4. The number of likely N-dealkylation sites (tertiary alicyclic amines) is 1. The molecule has 1 aliphatic rings. The molecule has 0 aliphatic carbocycles. The van der Waals surface area contributed by atoms with E-state index in [9.17, 15) is 4.79 Å². The van der Waals surface area contributed by atoms with Crippen LogP contribution in [-0.4, -0.2) is 55.0 Å². The molecule has 2 unspecified atom stereocenters. The molecule has 1 fully saturated rings. The van der Waals surface area contributed by atoms with Crippen LogP contribution in [0.3, 0.4) is 0 Å². The Morgan fingerprint density at radius 1 is 1.21 bits per heavy atom. The fourth-order valence-corrected chi connectivity index (χ4v) is 4.27. The third kappa shape index (κ3) is 5.95. The first-order valence-corrected chi connectivity index (χ1v) is 10.9. The summed E-state index contributed by atoms with van der Waals surface area (Å²) < 4.78 is 0. The lowest BCUT2D eigenvalue weighted by Gasteiger charge is -2.32. The van der Waals surface area contributed by atoms with Crippen molar-refractivity contribution in [1.29, 1.82) is 0 Å². The van der Waals surface area contributed by atoms with Crippen LogP contribution in [-0.2, 0) is 11.2 Å².